The van der Waals surface area contributed by atoms with Crippen LogP contribution in [0.5, 0.6) is 0 Å². The lowest BCUT2D eigenvalue weighted by molar-refractivity contribution is -0.125. The zero-order valence-corrected chi connectivity index (χ0v) is 16.6. The second-order valence-corrected chi connectivity index (χ2v) is 6.60. The van der Waals surface area contributed by atoms with Crippen LogP contribution in [0.3, 0.4) is 0 Å². The van der Waals surface area contributed by atoms with Gasteiger partial charge in [-0.2, -0.15) is 5.06 Å². The van der Waals surface area contributed by atoms with Crippen molar-refractivity contribution < 1.29 is 9.63 Å². The van der Waals surface area contributed by atoms with Crippen LogP contribution in [0.25, 0.3) is 0 Å². The minimum absolute atomic E-state index is 0. The van der Waals surface area contributed by atoms with Crippen LogP contribution in [-0.2, 0) is 22.5 Å². The molecule has 4 rings (SSSR count). The van der Waals surface area contributed by atoms with E-state index in [2.05, 4.69) is 29.2 Å². The third kappa shape index (κ3) is 3.93. The number of halogens is 1. The molecule has 1 amide bonds. The standard InChI is InChI=1S/C23H22N2O2.ClH/c1-2-27-25-21-9-4-3-8-20(21)22(23(25)26)18-13-10-17(11-14-18)12-15-19-7-5-6-16-24-19;/h3-11,13-14,16,22H,2,12,15H2,1H3;1H. The molecule has 0 fully saturated rings. The maximum absolute atomic E-state index is 12.9. The van der Waals surface area contributed by atoms with Crippen LogP contribution in [0.4, 0.5) is 5.69 Å². The third-order valence-electron chi connectivity index (χ3n) is 4.88. The first kappa shape index (κ1) is 20.1. The lowest BCUT2D eigenvalue weighted by Gasteiger charge is -2.16. The number of fused-ring (bicyclic) bond motifs is 1. The first-order chi connectivity index (χ1) is 13.3. The quantitative estimate of drug-likeness (QED) is 0.607. The van der Waals surface area contributed by atoms with Crippen LogP contribution in [0, 0.1) is 0 Å². The summed E-state index contributed by atoms with van der Waals surface area (Å²) in [6.07, 6.45) is 3.66. The second-order valence-electron chi connectivity index (χ2n) is 6.60. The number of hydrogen-bond donors (Lipinski definition) is 0. The maximum Gasteiger partial charge on any atom is 0.262 e. The predicted octanol–water partition coefficient (Wildman–Crippen LogP) is 4.72. The molecule has 0 bridgehead atoms. The molecule has 1 atom stereocenters. The Balaban J connectivity index is 0.00000225. The van der Waals surface area contributed by atoms with Gasteiger partial charge in [0.05, 0.1) is 18.2 Å². The van der Waals surface area contributed by atoms with Crippen molar-refractivity contribution >= 4 is 24.0 Å². The van der Waals surface area contributed by atoms with Gasteiger partial charge in [0.1, 0.15) is 0 Å². The van der Waals surface area contributed by atoms with Crippen molar-refractivity contribution in [2.24, 2.45) is 0 Å². The molecule has 1 aliphatic heterocycles. The molecule has 1 unspecified atom stereocenters. The van der Waals surface area contributed by atoms with Crippen LogP contribution in [0.1, 0.15) is 35.2 Å². The average molecular weight is 395 g/mol. The van der Waals surface area contributed by atoms with Crippen molar-refractivity contribution in [3.63, 3.8) is 0 Å². The fourth-order valence-corrected chi connectivity index (χ4v) is 3.57. The predicted molar refractivity (Wildman–Crippen MR) is 113 cm³/mol. The number of para-hydroxylation sites is 1. The number of hydroxylamine groups is 1. The van der Waals surface area contributed by atoms with E-state index < -0.39 is 0 Å². The summed E-state index contributed by atoms with van der Waals surface area (Å²) < 4.78 is 0. The lowest BCUT2D eigenvalue weighted by atomic mass is 9.91. The van der Waals surface area contributed by atoms with Gasteiger partial charge >= 0.3 is 0 Å². The molecule has 0 saturated heterocycles. The van der Waals surface area contributed by atoms with Gasteiger partial charge in [0.15, 0.2) is 0 Å². The number of carbonyl (C=O) groups is 1. The molecule has 0 radical (unpaired) electrons. The number of nitrogens with zero attached hydrogens (tertiary/aromatic N) is 2. The van der Waals surface area contributed by atoms with Crippen LogP contribution < -0.4 is 5.06 Å². The smallest absolute Gasteiger partial charge is 0.262 e. The molecule has 0 saturated carbocycles. The third-order valence-corrected chi connectivity index (χ3v) is 4.88. The molecule has 5 heteroatoms. The normalized spacial score (nSPS) is 15.2. The first-order valence-electron chi connectivity index (χ1n) is 9.32. The summed E-state index contributed by atoms with van der Waals surface area (Å²) in [5.74, 6) is -0.336. The number of amides is 1. The minimum atomic E-state index is -0.308. The van der Waals surface area contributed by atoms with E-state index in [1.807, 2.05) is 55.6 Å². The zero-order valence-electron chi connectivity index (χ0n) is 15.7. The minimum Gasteiger partial charge on any atom is -0.271 e. The number of benzene rings is 2. The number of anilines is 1. The molecule has 3 aromatic rings. The highest BCUT2D eigenvalue weighted by Crippen LogP contribution is 2.41. The van der Waals surface area contributed by atoms with Crippen molar-refractivity contribution in [3.05, 3.63) is 95.3 Å². The maximum atomic E-state index is 12.9. The van der Waals surface area contributed by atoms with Gasteiger partial charge in [0, 0.05) is 11.9 Å². The molecule has 0 aliphatic carbocycles. The Morgan fingerprint density at radius 2 is 1.71 bits per heavy atom. The fourth-order valence-electron chi connectivity index (χ4n) is 3.57. The molecule has 28 heavy (non-hydrogen) atoms. The summed E-state index contributed by atoms with van der Waals surface area (Å²) in [5.41, 5.74) is 5.17. The number of pyridine rings is 1. The molecule has 0 spiro atoms. The Morgan fingerprint density at radius 1 is 0.964 bits per heavy atom. The van der Waals surface area contributed by atoms with Crippen LogP contribution in [0.2, 0.25) is 0 Å². The average Bonchev–Trinajstić information content (AvgIpc) is 3.00. The molecule has 1 aliphatic rings. The van der Waals surface area contributed by atoms with Gasteiger partial charge in [-0.05, 0) is 54.7 Å². The van der Waals surface area contributed by atoms with Crippen molar-refractivity contribution in [2.75, 3.05) is 11.7 Å². The Kier molecular flexibility index (Phi) is 6.45. The van der Waals surface area contributed by atoms with E-state index in [1.165, 1.54) is 10.6 Å². The van der Waals surface area contributed by atoms with Crippen LogP contribution >= 0.6 is 12.4 Å². The van der Waals surface area contributed by atoms with Crippen molar-refractivity contribution in [2.45, 2.75) is 25.7 Å². The van der Waals surface area contributed by atoms with Gasteiger partial charge in [0.2, 0.25) is 0 Å². The Labute approximate surface area is 171 Å². The van der Waals surface area contributed by atoms with Crippen LogP contribution in [-0.4, -0.2) is 17.5 Å². The summed E-state index contributed by atoms with van der Waals surface area (Å²) in [5, 5.41) is 1.44. The summed E-state index contributed by atoms with van der Waals surface area (Å²) in [4.78, 5) is 22.9. The SMILES string of the molecule is CCON1C(=O)C(c2ccc(CCc3ccccn3)cc2)c2ccccc21.Cl. The lowest BCUT2D eigenvalue weighted by Crippen LogP contribution is -2.29. The van der Waals surface area contributed by atoms with Crippen molar-refractivity contribution in [3.8, 4) is 0 Å². The summed E-state index contributed by atoms with van der Waals surface area (Å²) in [6.45, 7) is 2.35. The molecule has 4 nitrogen and oxygen atoms in total. The van der Waals surface area contributed by atoms with Crippen molar-refractivity contribution in [1.29, 1.82) is 0 Å². The number of carbonyl (C=O) groups excluding carboxylic acids is 1. The van der Waals surface area contributed by atoms with Gasteiger partial charge < -0.3 is 0 Å². The van der Waals surface area contributed by atoms with E-state index in [9.17, 15) is 4.79 Å². The zero-order chi connectivity index (χ0) is 18.6. The van der Waals surface area contributed by atoms with Crippen LogP contribution in [0.15, 0.2) is 72.9 Å². The first-order valence-corrected chi connectivity index (χ1v) is 9.32. The highest BCUT2D eigenvalue weighted by atomic mass is 35.5. The number of aromatic nitrogens is 1. The van der Waals surface area contributed by atoms with E-state index in [4.69, 9.17) is 4.84 Å². The number of hydrogen-bond acceptors (Lipinski definition) is 3. The summed E-state index contributed by atoms with van der Waals surface area (Å²) in [7, 11) is 0. The van der Waals surface area contributed by atoms with Crippen molar-refractivity contribution in [1.82, 2.24) is 4.98 Å². The Morgan fingerprint density at radius 3 is 2.43 bits per heavy atom. The van der Waals surface area contributed by atoms with E-state index >= 15 is 0 Å². The molecular formula is C23H23ClN2O2. The Hall–Kier alpha value is -2.69. The van der Waals surface area contributed by atoms with Gasteiger partial charge in [-0.25, -0.2) is 0 Å². The van der Waals surface area contributed by atoms with E-state index in [-0.39, 0.29) is 24.2 Å². The summed E-state index contributed by atoms with van der Waals surface area (Å²) in [6, 6.07) is 22.2. The molecule has 2 aromatic carbocycles. The number of rotatable bonds is 6. The Bertz CT molecular complexity index is 929. The largest absolute Gasteiger partial charge is 0.271 e. The monoisotopic (exact) mass is 394 g/mol. The fraction of sp³-hybridized carbons (Fsp3) is 0.217. The molecule has 1 aromatic heterocycles. The molecule has 0 N–H and O–H groups in total. The summed E-state index contributed by atoms with van der Waals surface area (Å²) >= 11 is 0. The second kappa shape index (κ2) is 9.00. The van der Waals surface area contributed by atoms with E-state index in [1.54, 1.807) is 0 Å². The van der Waals surface area contributed by atoms with E-state index in [0.29, 0.717) is 6.61 Å². The number of aryl methyl sites for hydroxylation is 2. The highest BCUT2D eigenvalue weighted by Gasteiger charge is 2.38. The topological polar surface area (TPSA) is 42.4 Å². The molecule has 144 valence electrons. The highest BCUT2D eigenvalue weighted by molar-refractivity contribution is 6.05. The van der Waals surface area contributed by atoms with Gasteiger partial charge in [0.25, 0.3) is 5.91 Å². The molecular weight excluding hydrogens is 372 g/mol. The van der Waals surface area contributed by atoms with E-state index in [0.717, 1.165) is 35.3 Å². The van der Waals surface area contributed by atoms with Gasteiger partial charge in [-0.1, -0.05) is 48.5 Å². The van der Waals surface area contributed by atoms with Gasteiger partial charge in [-0.15, -0.1) is 12.4 Å². The van der Waals surface area contributed by atoms with Gasteiger partial charge in [-0.3, -0.25) is 14.6 Å². The molecule has 2 heterocycles.